The zero-order valence-corrected chi connectivity index (χ0v) is 18.1. The van der Waals surface area contributed by atoms with Gasteiger partial charge in [-0.25, -0.2) is 4.98 Å². The van der Waals surface area contributed by atoms with Crippen LogP contribution in [0.5, 0.6) is 23.0 Å². The number of benzene rings is 2. The molecule has 0 amide bonds. The van der Waals surface area contributed by atoms with Crippen LogP contribution in [0.3, 0.4) is 0 Å². The first-order chi connectivity index (χ1) is 16.7. The number of hydrogen-bond acceptors (Lipinski definition) is 8. The summed E-state index contributed by atoms with van der Waals surface area (Å²) in [6, 6.07) is 16.8. The molecule has 170 valence electrons. The third-order valence-electron chi connectivity index (χ3n) is 5.60. The van der Waals surface area contributed by atoms with Crippen LogP contribution in [0.15, 0.2) is 70.6 Å². The predicted molar refractivity (Wildman–Crippen MR) is 125 cm³/mol. The number of pyridine rings is 1. The zero-order valence-electron chi connectivity index (χ0n) is 18.1. The topological polar surface area (TPSA) is 95.7 Å². The van der Waals surface area contributed by atoms with Gasteiger partial charge in [-0.15, -0.1) is 0 Å². The number of aliphatic imine (C=N–C) groups is 1. The molecule has 0 aliphatic carbocycles. The van der Waals surface area contributed by atoms with Gasteiger partial charge in [0.1, 0.15) is 17.0 Å². The molecular weight excluding hydrogens is 436 g/mol. The van der Waals surface area contributed by atoms with Crippen molar-refractivity contribution >= 4 is 17.7 Å². The van der Waals surface area contributed by atoms with Gasteiger partial charge in [0.05, 0.1) is 6.54 Å². The van der Waals surface area contributed by atoms with Crippen LogP contribution < -0.4 is 29.8 Å². The van der Waals surface area contributed by atoms with Crippen molar-refractivity contribution in [2.45, 2.75) is 13.1 Å². The van der Waals surface area contributed by atoms with Gasteiger partial charge in [0.15, 0.2) is 23.0 Å². The van der Waals surface area contributed by atoms with Crippen LogP contribution in [0, 0.1) is 0 Å². The molecular formula is C25H20N4O5. The quantitative estimate of drug-likeness (QED) is 0.445. The number of ether oxygens (including phenoxy) is 4. The Hall–Kier alpha value is -4.53. The van der Waals surface area contributed by atoms with E-state index in [1.54, 1.807) is 24.5 Å². The molecule has 0 radical (unpaired) electrons. The molecule has 4 heterocycles. The van der Waals surface area contributed by atoms with E-state index in [4.69, 9.17) is 18.9 Å². The van der Waals surface area contributed by atoms with Gasteiger partial charge in [-0.1, -0.05) is 18.2 Å². The highest BCUT2D eigenvalue weighted by atomic mass is 16.7. The predicted octanol–water partition coefficient (Wildman–Crippen LogP) is 3.38. The number of aromatic nitrogens is 2. The summed E-state index contributed by atoms with van der Waals surface area (Å²) >= 11 is 0. The second-order valence-electron chi connectivity index (χ2n) is 7.81. The van der Waals surface area contributed by atoms with Crippen molar-refractivity contribution in [1.29, 1.82) is 0 Å². The first-order valence-corrected chi connectivity index (χ1v) is 10.8. The fourth-order valence-corrected chi connectivity index (χ4v) is 3.87. The summed E-state index contributed by atoms with van der Waals surface area (Å²) in [5.41, 5.74) is 2.65. The highest BCUT2D eigenvalue weighted by molar-refractivity contribution is 5.86. The molecule has 0 saturated carbocycles. The van der Waals surface area contributed by atoms with Crippen LogP contribution in [-0.4, -0.2) is 29.2 Å². The Bertz CT molecular complexity index is 1480. The molecule has 0 unspecified atom stereocenters. The Balaban J connectivity index is 1.28. The van der Waals surface area contributed by atoms with Crippen LogP contribution in [0.4, 0.5) is 5.82 Å². The molecule has 0 spiro atoms. The third-order valence-corrected chi connectivity index (χ3v) is 5.60. The van der Waals surface area contributed by atoms with Gasteiger partial charge in [-0.2, -0.15) is 0 Å². The van der Waals surface area contributed by atoms with Crippen LogP contribution >= 0.6 is 0 Å². The average molecular weight is 456 g/mol. The first-order valence-electron chi connectivity index (χ1n) is 10.8. The second-order valence-corrected chi connectivity index (χ2v) is 7.81. The van der Waals surface area contributed by atoms with Gasteiger partial charge in [-0.3, -0.25) is 14.2 Å². The molecule has 1 N–H and O–H groups in total. The molecule has 2 aliphatic rings. The van der Waals surface area contributed by atoms with E-state index >= 15 is 0 Å². The van der Waals surface area contributed by atoms with E-state index in [1.165, 1.54) is 4.40 Å². The summed E-state index contributed by atoms with van der Waals surface area (Å²) in [6.45, 7) is 1.28. The first kappa shape index (κ1) is 20.1. The Morgan fingerprint density at radius 2 is 1.62 bits per heavy atom. The summed E-state index contributed by atoms with van der Waals surface area (Å²) in [5.74, 6) is 3.31. The Morgan fingerprint density at radius 3 is 2.41 bits per heavy atom. The molecule has 0 bridgehead atoms. The van der Waals surface area contributed by atoms with Crippen molar-refractivity contribution in [3.63, 3.8) is 0 Å². The molecule has 0 saturated heterocycles. The smallest absolute Gasteiger partial charge is 0.268 e. The van der Waals surface area contributed by atoms with E-state index in [2.05, 4.69) is 15.3 Å². The minimum Gasteiger partial charge on any atom is -0.454 e. The molecule has 2 aromatic carbocycles. The maximum atomic E-state index is 13.2. The number of nitrogens with one attached hydrogen (secondary N) is 1. The molecule has 9 nitrogen and oxygen atoms in total. The zero-order chi connectivity index (χ0) is 22.9. The highest BCUT2D eigenvalue weighted by Gasteiger charge is 2.15. The molecule has 34 heavy (non-hydrogen) atoms. The fraction of sp³-hybridized carbons (Fsp3) is 0.160. The van der Waals surface area contributed by atoms with E-state index in [0.717, 1.165) is 22.6 Å². The van der Waals surface area contributed by atoms with Gasteiger partial charge in [0.25, 0.3) is 5.56 Å². The standard InChI is InChI=1S/C25H20N4O5/c30-25-18(13-26-11-16-4-6-19-21(9-16)33-14-31-19)24(28-23-3-1-2-8-29(23)25)27-12-17-5-7-20-22(10-17)34-15-32-20/h1-10,13,27H,11-12,14-15H2. The van der Waals surface area contributed by atoms with E-state index in [9.17, 15) is 4.79 Å². The molecule has 4 aromatic rings. The van der Waals surface area contributed by atoms with E-state index in [1.807, 2.05) is 42.5 Å². The lowest BCUT2D eigenvalue weighted by molar-refractivity contribution is 0.173. The van der Waals surface area contributed by atoms with Gasteiger partial charge >= 0.3 is 0 Å². The lowest BCUT2D eigenvalue weighted by Gasteiger charge is -2.11. The lowest BCUT2D eigenvalue weighted by atomic mass is 10.2. The van der Waals surface area contributed by atoms with Gasteiger partial charge in [-0.05, 0) is 47.5 Å². The Morgan fingerprint density at radius 1 is 0.912 bits per heavy atom. The van der Waals surface area contributed by atoms with Crippen LogP contribution in [-0.2, 0) is 13.1 Å². The third kappa shape index (κ3) is 3.77. The monoisotopic (exact) mass is 456 g/mol. The fourth-order valence-electron chi connectivity index (χ4n) is 3.87. The summed E-state index contributed by atoms with van der Waals surface area (Å²) < 4.78 is 23.1. The minimum atomic E-state index is -0.201. The minimum absolute atomic E-state index is 0.201. The summed E-state index contributed by atoms with van der Waals surface area (Å²) in [4.78, 5) is 22.4. The number of fused-ring (bicyclic) bond motifs is 3. The normalized spacial score (nSPS) is 13.6. The van der Waals surface area contributed by atoms with E-state index in [0.29, 0.717) is 41.6 Å². The lowest BCUT2D eigenvalue weighted by Crippen LogP contribution is -2.22. The molecule has 2 aromatic heterocycles. The summed E-state index contributed by atoms with van der Waals surface area (Å²) in [6.07, 6.45) is 3.27. The van der Waals surface area contributed by atoms with Crippen LogP contribution in [0.25, 0.3) is 5.65 Å². The van der Waals surface area contributed by atoms with Crippen molar-refractivity contribution in [1.82, 2.24) is 9.38 Å². The number of nitrogens with zero attached hydrogens (tertiary/aromatic N) is 3. The van der Waals surface area contributed by atoms with Crippen molar-refractivity contribution in [3.05, 3.63) is 87.8 Å². The number of hydrogen-bond donors (Lipinski definition) is 1. The SMILES string of the molecule is O=c1c(C=NCc2ccc3c(c2)OCO3)c(NCc2ccc3c(c2)OCO3)nc2ccccn12. The van der Waals surface area contributed by atoms with Crippen LogP contribution in [0.2, 0.25) is 0 Å². The van der Waals surface area contributed by atoms with Crippen molar-refractivity contribution in [2.24, 2.45) is 4.99 Å². The second kappa shape index (κ2) is 8.43. The van der Waals surface area contributed by atoms with E-state index < -0.39 is 0 Å². The Kier molecular flexibility index (Phi) is 4.99. The van der Waals surface area contributed by atoms with E-state index in [-0.39, 0.29) is 19.1 Å². The van der Waals surface area contributed by atoms with Crippen LogP contribution in [0.1, 0.15) is 16.7 Å². The number of anilines is 1. The van der Waals surface area contributed by atoms with Crippen molar-refractivity contribution < 1.29 is 18.9 Å². The number of rotatable bonds is 6. The summed E-state index contributed by atoms with van der Waals surface area (Å²) in [7, 11) is 0. The molecule has 0 atom stereocenters. The average Bonchev–Trinajstić information content (AvgIpc) is 3.53. The maximum Gasteiger partial charge on any atom is 0.268 e. The molecule has 9 heteroatoms. The maximum absolute atomic E-state index is 13.2. The molecule has 0 fully saturated rings. The van der Waals surface area contributed by atoms with Gasteiger partial charge in [0, 0.05) is 19.0 Å². The van der Waals surface area contributed by atoms with Crippen molar-refractivity contribution in [2.75, 3.05) is 18.9 Å². The molecule has 6 rings (SSSR count). The van der Waals surface area contributed by atoms with Crippen molar-refractivity contribution in [3.8, 4) is 23.0 Å². The molecule has 2 aliphatic heterocycles. The summed E-state index contributed by atoms with van der Waals surface area (Å²) in [5, 5.41) is 3.29. The highest BCUT2D eigenvalue weighted by Crippen LogP contribution is 2.33. The van der Waals surface area contributed by atoms with Gasteiger partial charge in [0.2, 0.25) is 13.6 Å². The van der Waals surface area contributed by atoms with Gasteiger partial charge < -0.3 is 24.3 Å². The largest absolute Gasteiger partial charge is 0.454 e. The Labute approximate surface area is 194 Å².